The Balaban J connectivity index is 1.67. The SMILES string of the molecule is CCCN(CCC)C(=O)c1cccc(C(=O)N2CCC3(CCNC3)CC2)c1. The molecule has 0 bridgehead atoms. The number of amides is 2. The van der Waals surface area contributed by atoms with Crippen molar-refractivity contribution in [2.24, 2.45) is 5.41 Å². The van der Waals surface area contributed by atoms with Gasteiger partial charge in [0.15, 0.2) is 0 Å². The zero-order valence-corrected chi connectivity index (χ0v) is 16.8. The summed E-state index contributed by atoms with van der Waals surface area (Å²) in [7, 11) is 0. The molecular weight excluding hydrogens is 338 g/mol. The van der Waals surface area contributed by atoms with Crippen LogP contribution in [0.4, 0.5) is 0 Å². The summed E-state index contributed by atoms with van der Waals surface area (Å²) in [6, 6.07) is 7.28. The molecule has 1 N–H and O–H groups in total. The Kier molecular flexibility index (Phi) is 6.53. The lowest BCUT2D eigenvalue weighted by atomic mass is 9.78. The number of carbonyl (C=O) groups excluding carboxylic acids is 2. The van der Waals surface area contributed by atoms with Crippen LogP contribution >= 0.6 is 0 Å². The zero-order valence-electron chi connectivity index (χ0n) is 16.8. The van der Waals surface area contributed by atoms with Crippen molar-refractivity contribution in [3.8, 4) is 0 Å². The minimum atomic E-state index is 0.0305. The lowest BCUT2D eigenvalue weighted by Gasteiger charge is -2.39. The van der Waals surface area contributed by atoms with Gasteiger partial charge in [0.1, 0.15) is 0 Å². The predicted octanol–water partition coefficient (Wildman–Crippen LogP) is 3.16. The molecule has 0 atom stereocenters. The molecule has 27 heavy (non-hydrogen) atoms. The van der Waals surface area contributed by atoms with E-state index in [0.29, 0.717) is 16.5 Å². The van der Waals surface area contributed by atoms with E-state index in [1.807, 2.05) is 28.0 Å². The first kappa shape index (κ1) is 19.9. The van der Waals surface area contributed by atoms with Crippen LogP contribution in [-0.4, -0.2) is 60.9 Å². The fraction of sp³-hybridized carbons (Fsp3) is 0.636. The van der Waals surface area contributed by atoms with E-state index in [2.05, 4.69) is 19.2 Å². The number of hydrogen-bond donors (Lipinski definition) is 1. The van der Waals surface area contributed by atoms with Gasteiger partial charge in [0.2, 0.25) is 0 Å². The number of carbonyl (C=O) groups is 2. The van der Waals surface area contributed by atoms with Gasteiger partial charge in [-0.1, -0.05) is 19.9 Å². The van der Waals surface area contributed by atoms with E-state index in [4.69, 9.17) is 0 Å². The Morgan fingerprint density at radius 1 is 1.07 bits per heavy atom. The maximum absolute atomic E-state index is 13.0. The van der Waals surface area contributed by atoms with Crippen LogP contribution in [0.3, 0.4) is 0 Å². The van der Waals surface area contributed by atoms with Crippen LogP contribution in [0.5, 0.6) is 0 Å². The largest absolute Gasteiger partial charge is 0.339 e. The predicted molar refractivity (Wildman–Crippen MR) is 108 cm³/mol. The molecule has 148 valence electrons. The van der Waals surface area contributed by atoms with Crippen molar-refractivity contribution in [3.63, 3.8) is 0 Å². The van der Waals surface area contributed by atoms with Gasteiger partial charge in [-0.15, -0.1) is 0 Å². The third-order valence-electron chi connectivity index (χ3n) is 6.07. The van der Waals surface area contributed by atoms with E-state index in [9.17, 15) is 9.59 Å². The van der Waals surface area contributed by atoms with Gasteiger partial charge >= 0.3 is 0 Å². The Labute approximate surface area is 163 Å². The van der Waals surface area contributed by atoms with Crippen LogP contribution in [0.25, 0.3) is 0 Å². The van der Waals surface area contributed by atoms with Crippen molar-refractivity contribution in [1.82, 2.24) is 15.1 Å². The van der Waals surface area contributed by atoms with Crippen LogP contribution in [0.1, 0.15) is 66.7 Å². The highest BCUT2D eigenvalue weighted by Gasteiger charge is 2.38. The Hall–Kier alpha value is -1.88. The first-order valence-corrected chi connectivity index (χ1v) is 10.5. The molecule has 2 saturated heterocycles. The molecule has 5 nitrogen and oxygen atoms in total. The summed E-state index contributed by atoms with van der Waals surface area (Å²) in [5, 5.41) is 3.46. The second-order valence-corrected chi connectivity index (χ2v) is 8.09. The number of rotatable bonds is 6. The van der Waals surface area contributed by atoms with Gasteiger partial charge in [0.05, 0.1) is 0 Å². The molecule has 0 unspecified atom stereocenters. The van der Waals surface area contributed by atoms with Crippen LogP contribution in [0, 0.1) is 5.41 Å². The summed E-state index contributed by atoms with van der Waals surface area (Å²) in [6.45, 7) is 9.50. The molecule has 2 amide bonds. The van der Waals surface area contributed by atoms with E-state index >= 15 is 0 Å². The maximum Gasteiger partial charge on any atom is 0.253 e. The second-order valence-electron chi connectivity index (χ2n) is 8.09. The van der Waals surface area contributed by atoms with Crippen molar-refractivity contribution in [3.05, 3.63) is 35.4 Å². The molecule has 0 aliphatic carbocycles. The normalized spacial score (nSPS) is 18.7. The summed E-state index contributed by atoms with van der Waals surface area (Å²) in [5.74, 6) is 0.0889. The van der Waals surface area contributed by atoms with Crippen molar-refractivity contribution in [2.75, 3.05) is 39.3 Å². The monoisotopic (exact) mass is 371 g/mol. The summed E-state index contributed by atoms with van der Waals surface area (Å²) in [4.78, 5) is 29.7. The van der Waals surface area contributed by atoms with Gasteiger partial charge in [0.25, 0.3) is 11.8 Å². The molecular formula is C22H33N3O2. The molecule has 2 heterocycles. The average molecular weight is 372 g/mol. The van der Waals surface area contributed by atoms with Crippen molar-refractivity contribution >= 4 is 11.8 Å². The molecule has 1 spiro atoms. The van der Waals surface area contributed by atoms with E-state index in [0.717, 1.165) is 65.0 Å². The molecule has 3 rings (SSSR count). The van der Waals surface area contributed by atoms with Crippen molar-refractivity contribution in [2.45, 2.75) is 46.0 Å². The Bertz CT molecular complexity index is 651. The minimum absolute atomic E-state index is 0.0305. The van der Waals surface area contributed by atoms with Gasteiger partial charge in [-0.25, -0.2) is 0 Å². The highest BCUT2D eigenvalue weighted by molar-refractivity contribution is 5.99. The van der Waals surface area contributed by atoms with E-state index in [1.165, 1.54) is 6.42 Å². The van der Waals surface area contributed by atoms with Crippen LogP contribution in [0.2, 0.25) is 0 Å². The number of hydrogen-bond acceptors (Lipinski definition) is 3. The fourth-order valence-corrected chi connectivity index (χ4v) is 4.41. The fourth-order valence-electron chi connectivity index (χ4n) is 4.41. The topological polar surface area (TPSA) is 52.7 Å². The summed E-state index contributed by atoms with van der Waals surface area (Å²) in [6.07, 6.45) is 5.25. The molecule has 0 radical (unpaired) electrons. The Morgan fingerprint density at radius 2 is 1.74 bits per heavy atom. The number of likely N-dealkylation sites (tertiary alicyclic amines) is 1. The second kappa shape index (κ2) is 8.87. The smallest absolute Gasteiger partial charge is 0.253 e. The highest BCUT2D eigenvalue weighted by atomic mass is 16.2. The van der Waals surface area contributed by atoms with Gasteiger partial charge < -0.3 is 15.1 Å². The number of piperidine rings is 1. The van der Waals surface area contributed by atoms with Gasteiger partial charge in [-0.2, -0.15) is 0 Å². The van der Waals surface area contributed by atoms with Gasteiger partial charge in [-0.05, 0) is 62.3 Å². The quantitative estimate of drug-likeness (QED) is 0.836. The maximum atomic E-state index is 13.0. The molecule has 1 aromatic rings. The number of nitrogens with zero attached hydrogens (tertiary/aromatic N) is 2. The molecule has 1 aromatic carbocycles. The highest BCUT2D eigenvalue weighted by Crippen LogP contribution is 2.37. The third kappa shape index (κ3) is 4.52. The molecule has 0 aromatic heterocycles. The van der Waals surface area contributed by atoms with E-state index < -0.39 is 0 Å². The van der Waals surface area contributed by atoms with Gasteiger partial charge in [-0.3, -0.25) is 9.59 Å². The lowest BCUT2D eigenvalue weighted by Crippen LogP contribution is -2.44. The first-order chi connectivity index (χ1) is 13.1. The molecule has 2 fully saturated rings. The van der Waals surface area contributed by atoms with Crippen molar-refractivity contribution < 1.29 is 9.59 Å². The molecule has 5 heteroatoms. The third-order valence-corrected chi connectivity index (χ3v) is 6.07. The summed E-state index contributed by atoms with van der Waals surface area (Å²) < 4.78 is 0. The van der Waals surface area contributed by atoms with E-state index in [1.54, 1.807) is 6.07 Å². The molecule has 2 aliphatic heterocycles. The van der Waals surface area contributed by atoms with Gasteiger partial charge in [0, 0.05) is 43.9 Å². The van der Waals surface area contributed by atoms with Crippen LogP contribution in [0.15, 0.2) is 24.3 Å². The van der Waals surface area contributed by atoms with Crippen LogP contribution < -0.4 is 5.32 Å². The number of benzene rings is 1. The summed E-state index contributed by atoms with van der Waals surface area (Å²) >= 11 is 0. The van der Waals surface area contributed by atoms with Crippen LogP contribution in [-0.2, 0) is 0 Å². The Morgan fingerprint density at radius 3 is 2.33 bits per heavy atom. The molecule has 0 saturated carbocycles. The first-order valence-electron chi connectivity index (χ1n) is 10.5. The van der Waals surface area contributed by atoms with E-state index in [-0.39, 0.29) is 11.8 Å². The average Bonchev–Trinajstić information content (AvgIpc) is 3.15. The molecule has 2 aliphatic rings. The minimum Gasteiger partial charge on any atom is -0.339 e. The zero-order chi connectivity index (χ0) is 19.3. The number of nitrogens with one attached hydrogen (secondary N) is 1. The standard InChI is InChI=1S/C22H33N3O2/c1-3-12-24(13-4-2)20(26)18-6-5-7-19(16-18)21(27)25-14-9-22(10-15-25)8-11-23-17-22/h5-7,16,23H,3-4,8-15,17H2,1-2H3. The summed E-state index contributed by atoms with van der Waals surface area (Å²) in [5.41, 5.74) is 1.65. The lowest BCUT2D eigenvalue weighted by molar-refractivity contribution is 0.0607. The van der Waals surface area contributed by atoms with Crippen molar-refractivity contribution in [1.29, 1.82) is 0 Å².